The summed E-state index contributed by atoms with van der Waals surface area (Å²) < 4.78 is 6.44. The lowest BCUT2D eigenvalue weighted by Gasteiger charge is -2.42. The molecule has 0 saturated heterocycles. The zero-order chi connectivity index (χ0) is 15.8. The molecule has 1 rings (SSSR count). The molecule has 2 nitrogen and oxygen atoms in total. The largest absolute Gasteiger partial charge is 0.374 e. The van der Waals surface area contributed by atoms with E-state index in [1.54, 1.807) is 0 Å². The second-order valence-electron chi connectivity index (χ2n) is 8.05. The van der Waals surface area contributed by atoms with Crippen molar-refractivity contribution in [3.8, 4) is 0 Å². The van der Waals surface area contributed by atoms with Crippen molar-refractivity contribution < 1.29 is 4.74 Å². The van der Waals surface area contributed by atoms with Gasteiger partial charge in [0.25, 0.3) is 0 Å². The summed E-state index contributed by atoms with van der Waals surface area (Å²) in [6, 6.07) is 0. The van der Waals surface area contributed by atoms with Crippen molar-refractivity contribution in [3.05, 3.63) is 0 Å². The zero-order valence-electron chi connectivity index (χ0n) is 15.3. The Morgan fingerprint density at radius 1 is 1.05 bits per heavy atom. The first kappa shape index (κ1) is 19.0. The average Bonchev–Trinajstić information content (AvgIpc) is 2.45. The number of nitrogens with one attached hydrogen (secondary N) is 1. The smallest absolute Gasteiger partial charge is 0.0806 e. The SMILES string of the molecule is CCCCCCOC1(CNC(C)(C)C)CCC(CC)CC1. The number of ether oxygens (including phenoxy) is 1. The molecule has 2 heteroatoms. The molecule has 0 radical (unpaired) electrons. The lowest BCUT2D eigenvalue weighted by atomic mass is 9.77. The molecule has 0 spiro atoms. The summed E-state index contributed by atoms with van der Waals surface area (Å²) in [5.74, 6) is 0.927. The molecule has 0 aliphatic heterocycles. The Morgan fingerprint density at radius 3 is 2.24 bits per heavy atom. The van der Waals surface area contributed by atoms with Gasteiger partial charge in [-0.25, -0.2) is 0 Å². The maximum atomic E-state index is 6.44. The molecule has 126 valence electrons. The molecule has 1 aliphatic carbocycles. The Morgan fingerprint density at radius 2 is 1.71 bits per heavy atom. The topological polar surface area (TPSA) is 21.3 Å². The maximum absolute atomic E-state index is 6.44. The van der Waals surface area contributed by atoms with Gasteiger partial charge in [0, 0.05) is 18.7 Å². The van der Waals surface area contributed by atoms with Crippen molar-refractivity contribution in [2.45, 2.75) is 104 Å². The van der Waals surface area contributed by atoms with Crippen molar-refractivity contribution in [1.29, 1.82) is 0 Å². The summed E-state index contributed by atoms with van der Waals surface area (Å²) in [4.78, 5) is 0. The van der Waals surface area contributed by atoms with E-state index >= 15 is 0 Å². The molecule has 21 heavy (non-hydrogen) atoms. The fraction of sp³-hybridized carbons (Fsp3) is 1.00. The predicted octanol–water partition coefficient (Wildman–Crippen LogP) is 5.31. The van der Waals surface area contributed by atoms with E-state index in [1.165, 1.54) is 57.8 Å². The van der Waals surface area contributed by atoms with Crippen LogP contribution >= 0.6 is 0 Å². The molecule has 0 atom stereocenters. The lowest BCUT2D eigenvalue weighted by molar-refractivity contribution is -0.0804. The molecule has 0 amide bonds. The monoisotopic (exact) mass is 297 g/mol. The quantitative estimate of drug-likeness (QED) is 0.582. The van der Waals surface area contributed by atoms with Crippen molar-refractivity contribution in [2.75, 3.05) is 13.2 Å². The minimum Gasteiger partial charge on any atom is -0.374 e. The van der Waals surface area contributed by atoms with Gasteiger partial charge in [-0.2, -0.15) is 0 Å². The van der Waals surface area contributed by atoms with Crippen molar-refractivity contribution >= 4 is 0 Å². The van der Waals surface area contributed by atoms with E-state index < -0.39 is 0 Å². The van der Waals surface area contributed by atoms with Gasteiger partial charge >= 0.3 is 0 Å². The van der Waals surface area contributed by atoms with E-state index in [4.69, 9.17) is 4.74 Å². The van der Waals surface area contributed by atoms with Gasteiger partial charge < -0.3 is 10.1 Å². The van der Waals surface area contributed by atoms with Crippen LogP contribution in [0.5, 0.6) is 0 Å². The lowest BCUT2D eigenvalue weighted by Crippen LogP contribution is -2.51. The van der Waals surface area contributed by atoms with Gasteiger partial charge in [0.15, 0.2) is 0 Å². The van der Waals surface area contributed by atoms with Gasteiger partial charge in [-0.15, -0.1) is 0 Å². The van der Waals surface area contributed by atoms with Crippen molar-refractivity contribution in [2.24, 2.45) is 5.92 Å². The van der Waals surface area contributed by atoms with Crippen LogP contribution in [0.3, 0.4) is 0 Å². The van der Waals surface area contributed by atoms with E-state index in [2.05, 4.69) is 39.9 Å². The molecule has 0 aromatic rings. The molecule has 0 bridgehead atoms. The number of hydrogen-bond acceptors (Lipinski definition) is 2. The first-order chi connectivity index (χ1) is 9.91. The minimum atomic E-state index is 0.102. The van der Waals surface area contributed by atoms with Crippen LogP contribution in [0.2, 0.25) is 0 Å². The third kappa shape index (κ3) is 7.65. The molecule has 1 saturated carbocycles. The molecule has 0 aromatic heterocycles. The second kappa shape index (κ2) is 9.15. The van der Waals surface area contributed by atoms with E-state index in [-0.39, 0.29) is 11.1 Å². The summed E-state index contributed by atoms with van der Waals surface area (Å²) in [5.41, 5.74) is 0.283. The molecular weight excluding hydrogens is 258 g/mol. The number of rotatable bonds is 9. The van der Waals surface area contributed by atoms with Gasteiger partial charge in [-0.05, 0) is 58.8 Å². The summed E-state index contributed by atoms with van der Waals surface area (Å²) in [6.07, 6.45) is 11.7. The molecule has 0 aromatic carbocycles. The molecule has 1 aliphatic rings. The minimum absolute atomic E-state index is 0.102. The molecule has 1 N–H and O–H groups in total. The normalized spacial score (nSPS) is 27.0. The van der Waals surface area contributed by atoms with Gasteiger partial charge in [0.05, 0.1) is 5.60 Å². The van der Waals surface area contributed by atoms with Gasteiger partial charge in [0.1, 0.15) is 0 Å². The summed E-state index contributed by atoms with van der Waals surface area (Å²) in [5, 5.41) is 3.69. The predicted molar refractivity (Wildman–Crippen MR) is 92.8 cm³/mol. The third-order valence-electron chi connectivity index (χ3n) is 4.94. The highest BCUT2D eigenvalue weighted by atomic mass is 16.5. The highest BCUT2D eigenvalue weighted by molar-refractivity contribution is 4.91. The Kier molecular flexibility index (Phi) is 8.26. The maximum Gasteiger partial charge on any atom is 0.0806 e. The zero-order valence-corrected chi connectivity index (χ0v) is 15.3. The van der Waals surface area contributed by atoms with Crippen LogP contribution in [0.25, 0.3) is 0 Å². The first-order valence-corrected chi connectivity index (χ1v) is 9.30. The van der Waals surface area contributed by atoms with E-state index in [0.29, 0.717) is 0 Å². The Hall–Kier alpha value is -0.0800. The van der Waals surface area contributed by atoms with Gasteiger partial charge in [-0.3, -0.25) is 0 Å². The summed E-state index contributed by atoms with van der Waals surface area (Å²) in [6.45, 7) is 13.3. The molecule has 1 fully saturated rings. The highest BCUT2D eigenvalue weighted by Gasteiger charge is 2.36. The fourth-order valence-electron chi connectivity index (χ4n) is 3.23. The van der Waals surface area contributed by atoms with Gasteiger partial charge in [0.2, 0.25) is 0 Å². The van der Waals surface area contributed by atoms with Crippen LogP contribution in [0.1, 0.15) is 92.4 Å². The number of hydrogen-bond donors (Lipinski definition) is 1. The third-order valence-corrected chi connectivity index (χ3v) is 4.94. The van der Waals surface area contributed by atoms with E-state index in [9.17, 15) is 0 Å². The van der Waals surface area contributed by atoms with E-state index in [1.807, 2.05) is 0 Å². The van der Waals surface area contributed by atoms with Crippen LogP contribution in [-0.4, -0.2) is 24.3 Å². The summed E-state index contributed by atoms with van der Waals surface area (Å²) in [7, 11) is 0. The Bertz CT molecular complexity index is 261. The molecule has 0 heterocycles. The molecular formula is C19H39NO. The number of unbranched alkanes of at least 4 members (excludes halogenated alkanes) is 3. The Labute approximate surface area is 133 Å². The second-order valence-corrected chi connectivity index (χ2v) is 8.05. The van der Waals surface area contributed by atoms with E-state index in [0.717, 1.165) is 19.1 Å². The van der Waals surface area contributed by atoms with Crippen LogP contribution < -0.4 is 5.32 Å². The molecule has 0 unspecified atom stereocenters. The van der Waals surface area contributed by atoms with Crippen LogP contribution in [0, 0.1) is 5.92 Å². The van der Waals surface area contributed by atoms with Crippen LogP contribution in [-0.2, 0) is 4.74 Å². The standard InChI is InChI=1S/C19H39NO/c1-6-8-9-10-15-21-19(16-20-18(3,4)5)13-11-17(7-2)12-14-19/h17,20H,6-16H2,1-5H3. The van der Waals surface area contributed by atoms with Gasteiger partial charge in [-0.1, -0.05) is 39.5 Å². The first-order valence-electron chi connectivity index (χ1n) is 9.30. The highest BCUT2D eigenvalue weighted by Crippen LogP contribution is 2.36. The van der Waals surface area contributed by atoms with Crippen molar-refractivity contribution in [3.63, 3.8) is 0 Å². The Balaban J connectivity index is 2.46. The fourth-order valence-corrected chi connectivity index (χ4v) is 3.23. The van der Waals surface area contributed by atoms with Crippen LogP contribution in [0.15, 0.2) is 0 Å². The van der Waals surface area contributed by atoms with Crippen LogP contribution in [0.4, 0.5) is 0 Å². The van der Waals surface area contributed by atoms with Crippen molar-refractivity contribution in [1.82, 2.24) is 5.32 Å². The summed E-state index contributed by atoms with van der Waals surface area (Å²) >= 11 is 0. The average molecular weight is 298 g/mol.